The van der Waals surface area contributed by atoms with Crippen molar-refractivity contribution < 1.29 is 4.79 Å². The Hall–Kier alpha value is -1.66. The third kappa shape index (κ3) is 4.80. The number of nitriles is 1. The van der Waals surface area contributed by atoms with Crippen molar-refractivity contribution >= 4 is 27.8 Å². The van der Waals surface area contributed by atoms with Crippen molar-refractivity contribution in [2.24, 2.45) is 0 Å². The van der Waals surface area contributed by atoms with Crippen LogP contribution in [0.5, 0.6) is 0 Å². The molecule has 0 aromatic heterocycles. The van der Waals surface area contributed by atoms with E-state index in [1.807, 2.05) is 42.5 Å². The van der Waals surface area contributed by atoms with Crippen molar-refractivity contribution in [3.05, 3.63) is 53.6 Å². The lowest BCUT2D eigenvalue weighted by Crippen LogP contribution is -2.00. The normalized spacial score (nSPS) is 11.4. The van der Waals surface area contributed by atoms with Crippen LogP contribution >= 0.6 is 15.9 Å². The third-order valence-corrected chi connectivity index (χ3v) is 2.49. The molecule has 1 aromatic carbocycles. The summed E-state index contributed by atoms with van der Waals surface area (Å²) in [7, 11) is 0. The van der Waals surface area contributed by atoms with Crippen LogP contribution in [0.1, 0.15) is 12.0 Å². The molecule has 0 bridgehead atoms. The fraction of sp³-hybridized carbons (Fsp3) is 0.143. The Morgan fingerprint density at radius 1 is 1.35 bits per heavy atom. The molecule has 2 nitrogen and oxygen atoms in total. The number of Topliss-reactive ketones (excluding diaryl/α,β-unsaturated/α-hetero) is 1. The summed E-state index contributed by atoms with van der Waals surface area (Å²) >= 11 is 3.18. The second kappa shape index (κ2) is 7.59. The van der Waals surface area contributed by atoms with Gasteiger partial charge in [0.15, 0.2) is 5.78 Å². The fourth-order valence-electron chi connectivity index (χ4n) is 1.23. The maximum absolute atomic E-state index is 11.5. The molecule has 1 rings (SSSR count). The van der Waals surface area contributed by atoms with Crippen molar-refractivity contribution in [2.75, 3.05) is 5.33 Å². The Balaban J connectivity index is 2.72. The number of nitrogens with zero attached hydrogens (tertiary/aromatic N) is 1. The smallest absolute Gasteiger partial charge is 0.174 e. The van der Waals surface area contributed by atoms with Crippen LogP contribution in [0.15, 0.2) is 48.1 Å². The molecule has 0 spiro atoms. The highest BCUT2D eigenvalue weighted by molar-refractivity contribution is 9.09. The molecule has 0 aliphatic rings. The van der Waals surface area contributed by atoms with E-state index in [9.17, 15) is 4.79 Å². The summed E-state index contributed by atoms with van der Waals surface area (Å²) in [6.07, 6.45) is 5.48. The topological polar surface area (TPSA) is 40.9 Å². The van der Waals surface area contributed by atoms with Gasteiger partial charge in [0.05, 0.1) is 5.57 Å². The summed E-state index contributed by atoms with van der Waals surface area (Å²) in [5.41, 5.74) is 1.23. The van der Waals surface area contributed by atoms with E-state index in [0.717, 1.165) is 5.56 Å². The number of carbonyl (C=O) groups excluding carboxylic acids is 1. The van der Waals surface area contributed by atoms with Gasteiger partial charge in [0.1, 0.15) is 6.07 Å². The van der Waals surface area contributed by atoms with Gasteiger partial charge in [-0.15, -0.1) is 0 Å². The largest absolute Gasteiger partial charge is 0.293 e. The Labute approximate surface area is 109 Å². The SMILES string of the molecule is N#CC(=CC=Cc1ccccc1)C(=O)CCBr. The van der Waals surface area contributed by atoms with Gasteiger partial charge >= 0.3 is 0 Å². The monoisotopic (exact) mass is 289 g/mol. The number of ketones is 1. The third-order valence-electron chi connectivity index (χ3n) is 2.09. The molecular formula is C14H12BrNO. The zero-order chi connectivity index (χ0) is 12.5. The first-order valence-electron chi connectivity index (χ1n) is 5.20. The number of halogens is 1. The molecule has 0 atom stereocenters. The Kier molecular flexibility index (Phi) is 5.98. The zero-order valence-electron chi connectivity index (χ0n) is 9.27. The van der Waals surface area contributed by atoms with E-state index in [1.54, 1.807) is 12.2 Å². The van der Waals surface area contributed by atoms with E-state index >= 15 is 0 Å². The van der Waals surface area contributed by atoms with Gasteiger partial charge in [0.25, 0.3) is 0 Å². The highest BCUT2D eigenvalue weighted by atomic mass is 79.9. The summed E-state index contributed by atoms with van der Waals surface area (Å²) in [5.74, 6) is -0.137. The molecule has 0 unspecified atom stereocenters. The second-order valence-electron chi connectivity index (χ2n) is 3.32. The molecule has 0 N–H and O–H groups in total. The number of benzene rings is 1. The molecule has 0 aliphatic heterocycles. The van der Waals surface area contributed by atoms with Crippen LogP contribution in [0.4, 0.5) is 0 Å². The molecule has 0 amide bonds. The van der Waals surface area contributed by atoms with Crippen LogP contribution in [-0.2, 0) is 4.79 Å². The van der Waals surface area contributed by atoms with E-state index < -0.39 is 0 Å². The van der Waals surface area contributed by atoms with Crippen molar-refractivity contribution in [1.82, 2.24) is 0 Å². The van der Waals surface area contributed by atoms with Crippen molar-refractivity contribution in [3.8, 4) is 6.07 Å². The van der Waals surface area contributed by atoms with Crippen LogP contribution in [0.3, 0.4) is 0 Å². The number of rotatable bonds is 5. The number of alkyl halides is 1. The predicted molar refractivity (Wildman–Crippen MR) is 72.6 cm³/mol. The Bertz CT molecular complexity index is 469. The van der Waals surface area contributed by atoms with Crippen LogP contribution < -0.4 is 0 Å². The van der Waals surface area contributed by atoms with E-state index in [0.29, 0.717) is 11.8 Å². The molecule has 0 aliphatic carbocycles. The highest BCUT2D eigenvalue weighted by Crippen LogP contribution is 2.04. The molecule has 1 aromatic rings. The Morgan fingerprint density at radius 3 is 2.65 bits per heavy atom. The summed E-state index contributed by atoms with van der Waals surface area (Å²) < 4.78 is 0. The summed E-state index contributed by atoms with van der Waals surface area (Å²) in [6.45, 7) is 0. The Morgan fingerprint density at radius 2 is 2.06 bits per heavy atom. The molecule has 0 saturated carbocycles. The van der Waals surface area contributed by atoms with Crippen molar-refractivity contribution in [3.63, 3.8) is 0 Å². The van der Waals surface area contributed by atoms with Crippen LogP contribution in [0, 0.1) is 11.3 Å². The molecule has 86 valence electrons. The standard InChI is InChI=1S/C14H12BrNO/c15-10-9-14(17)13(11-16)8-4-7-12-5-2-1-3-6-12/h1-8H,9-10H2. The van der Waals surface area contributed by atoms with E-state index in [2.05, 4.69) is 15.9 Å². The van der Waals surface area contributed by atoms with Gasteiger partial charge in [-0.05, 0) is 11.6 Å². The summed E-state index contributed by atoms with van der Waals surface area (Å²) in [6, 6.07) is 11.6. The fourth-order valence-corrected chi connectivity index (χ4v) is 1.59. The molecule has 0 saturated heterocycles. The average Bonchev–Trinajstić information content (AvgIpc) is 2.36. The maximum atomic E-state index is 11.5. The predicted octanol–water partition coefficient (Wildman–Crippen LogP) is 3.50. The van der Waals surface area contributed by atoms with Crippen LogP contribution in [0.2, 0.25) is 0 Å². The van der Waals surface area contributed by atoms with Gasteiger partial charge in [0, 0.05) is 11.8 Å². The van der Waals surface area contributed by atoms with Crippen LogP contribution in [-0.4, -0.2) is 11.1 Å². The van der Waals surface area contributed by atoms with Crippen molar-refractivity contribution in [2.45, 2.75) is 6.42 Å². The van der Waals surface area contributed by atoms with Gasteiger partial charge in [-0.3, -0.25) is 4.79 Å². The lowest BCUT2D eigenvalue weighted by molar-refractivity contribution is -0.114. The second-order valence-corrected chi connectivity index (χ2v) is 4.12. The first-order chi connectivity index (χ1) is 8.27. The average molecular weight is 290 g/mol. The first-order valence-corrected chi connectivity index (χ1v) is 6.32. The molecule has 0 radical (unpaired) electrons. The summed E-state index contributed by atoms with van der Waals surface area (Å²) in [4.78, 5) is 11.5. The van der Waals surface area contributed by atoms with Gasteiger partial charge < -0.3 is 0 Å². The van der Waals surface area contributed by atoms with Crippen LogP contribution in [0.25, 0.3) is 6.08 Å². The lowest BCUT2D eigenvalue weighted by atomic mass is 10.1. The number of hydrogen-bond donors (Lipinski definition) is 0. The van der Waals surface area contributed by atoms with E-state index in [1.165, 1.54) is 0 Å². The number of allylic oxidation sites excluding steroid dienone is 3. The van der Waals surface area contributed by atoms with Gasteiger partial charge in [-0.2, -0.15) is 5.26 Å². The van der Waals surface area contributed by atoms with Crippen molar-refractivity contribution in [1.29, 1.82) is 5.26 Å². The summed E-state index contributed by atoms with van der Waals surface area (Å²) in [5, 5.41) is 9.41. The molecular weight excluding hydrogens is 278 g/mol. The minimum Gasteiger partial charge on any atom is -0.293 e. The number of carbonyl (C=O) groups is 1. The number of hydrogen-bond acceptors (Lipinski definition) is 2. The molecule has 3 heteroatoms. The molecule has 0 heterocycles. The van der Waals surface area contributed by atoms with E-state index in [4.69, 9.17) is 5.26 Å². The quantitative estimate of drug-likeness (QED) is 0.360. The maximum Gasteiger partial charge on any atom is 0.174 e. The first kappa shape index (κ1) is 13.4. The minimum absolute atomic E-state index is 0.137. The lowest BCUT2D eigenvalue weighted by Gasteiger charge is -1.93. The molecule has 17 heavy (non-hydrogen) atoms. The highest BCUT2D eigenvalue weighted by Gasteiger charge is 2.05. The zero-order valence-corrected chi connectivity index (χ0v) is 10.9. The minimum atomic E-state index is -0.137. The molecule has 0 fully saturated rings. The van der Waals surface area contributed by atoms with Gasteiger partial charge in [-0.1, -0.05) is 58.4 Å². The van der Waals surface area contributed by atoms with E-state index in [-0.39, 0.29) is 11.4 Å². The van der Waals surface area contributed by atoms with Gasteiger partial charge in [-0.25, -0.2) is 0 Å². The van der Waals surface area contributed by atoms with Gasteiger partial charge in [0.2, 0.25) is 0 Å².